The van der Waals surface area contributed by atoms with Crippen molar-refractivity contribution in [3.05, 3.63) is 46.2 Å². The second-order valence-electron chi connectivity index (χ2n) is 4.55. The molecule has 21 heavy (non-hydrogen) atoms. The van der Waals surface area contributed by atoms with E-state index in [1.807, 2.05) is 44.2 Å². The lowest BCUT2D eigenvalue weighted by atomic mass is 10.1. The molecule has 0 atom stereocenters. The third-order valence-electron chi connectivity index (χ3n) is 3.00. The van der Waals surface area contributed by atoms with E-state index in [0.29, 0.717) is 18.8 Å². The van der Waals surface area contributed by atoms with E-state index < -0.39 is 0 Å². The fraction of sp³-hybridized carbons (Fsp3) is 0.312. The predicted octanol–water partition coefficient (Wildman–Crippen LogP) is 2.59. The Hall–Kier alpha value is -2.61. The van der Waals surface area contributed by atoms with Crippen molar-refractivity contribution in [3.63, 3.8) is 0 Å². The summed E-state index contributed by atoms with van der Waals surface area (Å²) in [7, 11) is 0. The van der Waals surface area contributed by atoms with Crippen molar-refractivity contribution < 1.29 is 4.74 Å². The molecule has 1 aromatic heterocycles. The Bertz CT molecular complexity index is 729. The van der Waals surface area contributed by atoms with Gasteiger partial charge in [0.2, 0.25) is 0 Å². The Morgan fingerprint density at radius 3 is 2.81 bits per heavy atom. The molecule has 0 radical (unpaired) electrons. The van der Waals surface area contributed by atoms with Gasteiger partial charge in [0.15, 0.2) is 0 Å². The van der Waals surface area contributed by atoms with E-state index in [9.17, 15) is 4.79 Å². The smallest absolute Gasteiger partial charge is 0.284 e. The van der Waals surface area contributed by atoms with E-state index in [1.54, 1.807) is 0 Å². The first-order chi connectivity index (χ1) is 10.2. The molecule has 1 heterocycles. The van der Waals surface area contributed by atoms with E-state index in [0.717, 1.165) is 17.7 Å². The molecular formula is C16H17N3O2. The summed E-state index contributed by atoms with van der Waals surface area (Å²) in [5.74, 6) is 0.754. The van der Waals surface area contributed by atoms with Crippen LogP contribution < -0.4 is 10.3 Å². The molecule has 108 valence electrons. The first kappa shape index (κ1) is 14.8. The first-order valence-electron chi connectivity index (χ1n) is 6.95. The maximum absolute atomic E-state index is 11.9. The maximum Gasteiger partial charge on any atom is 0.284 e. The summed E-state index contributed by atoms with van der Waals surface area (Å²) in [4.78, 5) is 11.9. The third-order valence-corrected chi connectivity index (χ3v) is 3.00. The highest BCUT2D eigenvalue weighted by Gasteiger charge is 2.09. The second kappa shape index (κ2) is 6.71. The SMILES string of the molecule is CCCOc1cccc(-c2cc(C#N)c(=O)n(CC)n2)c1. The molecule has 0 bridgehead atoms. The number of ether oxygens (including phenoxy) is 1. The van der Waals surface area contributed by atoms with E-state index in [2.05, 4.69) is 5.10 Å². The third kappa shape index (κ3) is 3.29. The van der Waals surface area contributed by atoms with Crippen LogP contribution in [0.3, 0.4) is 0 Å². The van der Waals surface area contributed by atoms with Crippen molar-refractivity contribution in [2.75, 3.05) is 6.61 Å². The molecule has 2 aromatic rings. The van der Waals surface area contributed by atoms with Gasteiger partial charge in [-0.05, 0) is 31.5 Å². The average Bonchev–Trinajstić information content (AvgIpc) is 2.53. The zero-order chi connectivity index (χ0) is 15.2. The second-order valence-corrected chi connectivity index (χ2v) is 4.55. The zero-order valence-electron chi connectivity index (χ0n) is 12.2. The van der Waals surface area contributed by atoms with Crippen LogP contribution >= 0.6 is 0 Å². The summed E-state index contributed by atoms with van der Waals surface area (Å²) in [5.41, 5.74) is 1.15. The minimum atomic E-state index is -0.359. The van der Waals surface area contributed by atoms with Gasteiger partial charge in [-0.15, -0.1) is 0 Å². The molecule has 0 aliphatic heterocycles. The van der Waals surface area contributed by atoms with Crippen LogP contribution in [0.25, 0.3) is 11.3 Å². The van der Waals surface area contributed by atoms with Gasteiger partial charge >= 0.3 is 0 Å². The Balaban J connectivity index is 2.47. The number of hydrogen-bond acceptors (Lipinski definition) is 4. The number of aromatic nitrogens is 2. The largest absolute Gasteiger partial charge is 0.494 e. The molecule has 0 saturated carbocycles. The molecule has 0 N–H and O–H groups in total. The number of nitrogens with zero attached hydrogens (tertiary/aromatic N) is 3. The van der Waals surface area contributed by atoms with E-state index in [1.165, 1.54) is 10.7 Å². The number of nitriles is 1. The van der Waals surface area contributed by atoms with E-state index in [4.69, 9.17) is 10.00 Å². The Labute approximate surface area is 123 Å². The van der Waals surface area contributed by atoms with Crippen LogP contribution in [0.1, 0.15) is 25.8 Å². The van der Waals surface area contributed by atoms with Gasteiger partial charge in [0, 0.05) is 12.1 Å². The number of rotatable bonds is 5. The molecule has 5 heteroatoms. The fourth-order valence-electron chi connectivity index (χ4n) is 1.94. The van der Waals surface area contributed by atoms with Gasteiger partial charge in [-0.2, -0.15) is 10.4 Å². The van der Waals surface area contributed by atoms with Crippen molar-refractivity contribution in [1.82, 2.24) is 9.78 Å². The lowest BCUT2D eigenvalue weighted by Gasteiger charge is -2.08. The molecule has 0 aliphatic rings. The number of aryl methyl sites for hydroxylation is 1. The van der Waals surface area contributed by atoms with Crippen molar-refractivity contribution in [2.24, 2.45) is 0 Å². The molecule has 0 fully saturated rings. The number of hydrogen-bond donors (Lipinski definition) is 0. The van der Waals surface area contributed by atoms with Crippen LogP contribution in [0, 0.1) is 11.3 Å². The quantitative estimate of drug-likeness (QED) is 0.845. The van der Waals surface area contributed by atoms with Gasteiger partial charge < -0.3 is 4.74 Å². The Kier molecular flexibility index (Phi) is 4.72. The lowest BCUT2D eigenvalue weighted by Crippen LogP contribution is -2.24. The van der Waals surface area contributed by atoms with Gasteiger partial charge in [0.1, 0.15) is 17.4 Å². The predicted molar refractivity (Wildman–Crippen MR) is 80.1 cm³/mol. The summed E-state index contributed by atoms with van der Waals surface area (Å²) < 4.78 is 6.89. The fourth-order valence-corrected chi connectivity index (χ4v) is 1.94. The van der Waals surface area contributed by atoms with Crippen LogP contribution in [0.2, 0.25) is 0 Å². The molecule has 0 saturated heterocycles. The minimum Gasteiger partial charge on any atom is -0.494 e. The topological polar surface area (TPSA) is 67.9 Å². The van der Waals surface area contributed by atoms with Crippen LogP contribution in [0.4, 0.5) is 0 Å². The molecule has 0 spiro atoms. The zero-order valence-corrected chi connectivity index (χ0v) is 12.2. The van der Waals surface area contributed by atoms with Crippen LogP contribution in [-0.2, 0) is 6.54 Å². The van der Waals surface area contributed by atoms with Gasteiger partial charge in [-0.25, -0.2) is 4.68 Å². The van der Waals surface area contributed by atoms with Crippen molar-refractivity contribution >= 4 is 0 Å². The highest BCUT2D eigenvalue weighted by Crippen LogP contribution is 2.22. The summed E-state index contributed by atoms with van der Waals surface area (Å²) >= 11 is 0. The average molecular weight is 283 g/mol. The summed E-state index contributed by atoms with van der Waals surface area (Å²) in [6, 6.07) is 10.9. The molecule has 5 nitrogen and oxygen atoms in total. The van der Waals surface area contributed by atoms with Crippen molar-refractivity contribution in [3.8, 4) is 23.1 Å². The molecule has 2 rings (SSSR count). The molecule has 1 aromatic carbocycles. The lowest BCUT2D eigenvalue weighted by molar-refractivity contribution is 0.317. The normalized spacial score (nSPS) is 10.1. The van der Waals surface area contributed by atoms with Crippen molar-refractivity contribution in [2.45, 2.75) is 26.8 Å². The molecule has 0 amide bonds. The monoisotopic (exact) mass is 283 g/mol. The highest BCUT2D eigenvalue weighted by atomic mass is 16.5. The number of benzene rings is 1. The van der Waals surface area contributed by atoms with Gasteiger partial charge in [0.05, 0.1) is 12.3 Å². The van der Waals surface area contributed by atoms with Gasteiger partial charge in [-0.1, -0.05) is 19.1 Å². The Morgan fingerprint density at radius 1 is 1.33 bits per heavy atom. The van der Waals surface area contributed by atoms with Crippen molar-refractivity contribution in [1.29, 1.82) is 5.26 Å². The summed E-state index contributed by atoms with van der Waals surface area (Å²) in [6.07, 6.45) is 0.932. The molecular weight excluding hydrogens is 266 g/mol. The maximum atomic E-state index is 11.9. The standard InChI is InChI=1S/C16H17N3O2/c1-3-8-21-14-7-5-6-12(9-14)15-10-13(11-17)16(20)19(4-2)18-15/h5-7,9-10H,3-4,8H2,1-2H3. The highest BCUT2D eigenvalue weighted by molar-refractivity contribution is 5.62. The molecule has 0 unspecified atom stereocenters. The minimum absolute atomic E-state index is 0.0988. The van der Waals surface area contributed by atoms with Gasteiger partial charge in [-0.3, -0.25) is 4.79 Å². The van der Waals surface area contributed by atoms with E-state index in [-0.39, 0.29) is 11.1 Å². The van der Waals surface area contributed by atoms with E-state index >= 15 is 0 Å². The Morgan fingerprint density at radius 2 is 2.14 bits per heavy atom. The summed E-state index contributed by atoms with van der Waals surface area (Å²) in [5, 5.41) is 13.4. The first-order valence-corrected chi connectivity index (χ1v) is 6.95. The summed E-state index contributed by atoms with van der Waals surface area (Å²) in [6.45, 7) is 4.93. The van der Waals surface area contributed by atoms with Crippen LogP contribution in [-0.4, -0.2) is 16.4 Å². The van der Waals surface area contributed by atoms with Crippen LogP contribution in [0.5, 0.6) is 5.75 Å². The van der Waals surface area contributed by atoms with Crippen LogP contribution in [0.15, 0.2) is 35.1 Å². The molecule has 0 aliphatic carbocycles. The van der Waals surface area contributed by atoms with Gasteiger partial charge in [0.25, 0.3) is 5.56 Å².